The summed E-state index contributed by atoms with van der Waals surface area (Å²) >= 11 is 5.49. The smallest absolute Gasteiger partial charge is 0.237 e. The lowest BCUT2D eigenvalue weighted by Crippen LogP contribution is -2.44. The van der Waals surface area contributed by atoms with Crippen LogP contribution in [0, 0.1) is 5.92 Å². The lowest BCUT2D eigenvalue weighted by molar-refractivity contribution is -0.123. The highest BCUT2D eigenvalue weighted by Gasteiger charge is 2.18. The Hall–Kier alpha value is -0.540. The third-order valence-electron chi connectivity index (χ3n) is 2.01. The van der Waals surface area contributed by atoms with E-state index in [-0.39, 0.29) is 18.4 Å². The maximum absolute atomic E-state index is 11.3. The first-order valence-electron chi connectivity index (χ1n) is 4.35. The van der Waals surface area contributed by atoms with Crippen LogP contribution < -0.4 is 11.1 Å². The standard InChI is InChI=1S/C9H17ClN2O/c1-4-6(2)8(11)9(13)12-5-7(3)10/h6,8H,3-5,11H2,1-2H3,(H,12,13). The molecule has 0 spiro atoms. The first-order valence-corrected chi connectivity index (χ1v) is 4.73. The minimum atomic E-state index is -0.457. The van der Waals surface area contributed by atoms with E-state index in [4.69, 9.17) is 17.3 Å². The van der Waals surface area contributed by atoms with Crippen LogP contribution in [0.4, 0.5) is 0 Å². The molecule has 0 aliphatic heterocycles. The molecule has 3 N–H and O–H groups in total. The van der Waals surface area contributed by atoms with E-state index in [0.717, 1.165) is 6.42 Å². The Morgan fingerprint density at radius 3 is 2.62 bits per heavy atom. The Morgan fingerprint density at radius 1 is 1.69 bits per heavy atom. The Morgan fingerprint density at radius 2 is 2.23 bits per heavy atom. The van der Waals surface area contributed by atoms with Crippen LogP contribution in [0.15, 0.2) is 11.6 Å². The summed E-state index contributed by atoms with van der Waals surface area (Å²) in [6, 6.07) is -0.457. The molecule has 0 aromatic heterocycles. The van der Waals surface area contributed by atoms with Crippen LogP contribution in [0.1, 0.15) is 20.3 Å². The molecule has 3 nitrogen and oxygen atoms in total. The normalized spacial score (nSPS) is 14.8. The second-order valence-electron chi connectivity index (χ2n) is 3.15. The second kappa shape index (κ2) is 6.00. The van der Waals surface area contributed by atoms with Crippen LogP contribution in [0.3, 0.4) is 0 Å². The number of rotatable bonds is 5. The van der Waals surface area contributed by atoms with Crippen molar-refractivity contribution in [2.45, 2.75) is 26.3 Å². The molecule has 0 radical (unpaired) electrons. The topological polar surface area (TPSA) is 55.1 Å². The van der Waals surface area contributed by atoms with Gasteiger partial charge in [-0.1, -0.05) is 38.4 Å². The predicted octanol–water partition coefficient (Wildman–Crippen LogP) is 1.23. The van der Waals surface area contributed by atoms with E-state index >= 15 is 0 Å². The van der Waals surface area contributed by atoms with Crippen molar-refractivity contribution >= 4 is 17.5 Å². The minimum absolute atomic E-state index is 0.170. The fraction of sp³-hybridized carbons (Fsp3) is 0.667. The SMILES string of the molecule is C=C(Cl)CNC(=O)C(N)C(C)CC. The molecule has 0 saturated carbocycles. The third-order valence-corrected chi connectivity index (χ3v) is 2.15. The summed E-state index contributed by atoms with van der Waals surface area (Å²) in [5, 5.41) is 3.01. The summed E-state index contributed by atoms with van der Waals surface area (Å²) in [6.07, 6.45) is 0.885. The molecule has 0 aliphatic carbocycles. The highest BCUT2D eigenvalue weighted by Crippen LogP contribution is 2.05. The number of carbonyl (C=O) groups is 1. The van der Waals surface area contributed by atoms with Gasteiger partial charge in [0.2, 0.25) is 5.91 Å². The monoisotopic (exact) mass is 204 g/mol. The molecule has 76 valence electrons. The minimum Gasteiger partial charge on any atom is -0.350 e. The number of nitrogens with one attached hydrogen (secondary N) is 1. The van der Waals surface area contributed by atoms with Gasteiger partial charge in [-0.3, -0.25) is 4.79 Å². The van der Waals surface area contributed by atoms with Crippen LogP contribution in [0.5, 0.6) is 0 Å². The molecule has 2 atom stereocenters. The van der Waals surface area contributed by atoms with E-state index in [1.807, 2.05) is 13.8 Å². The van der Waals surface area contributed by atoms with Gasteiger partial charge < -0.3 is 11.1 Å². The van der Waals surface area contributed by atoms with Crippen LogP contribution in [0.2, 0.25) is 0 Å². The summed E-state index contributed by atoms with van der Waals surface area (Å²) in [5.74, 6) is 0.0136. The van der Waals surface area contributed by atoms with E-state index in [1.54, 1.807) is 0 Å². The zero-order chi connectivity index (χ0) is 10.4. The lowest BCUT2D eigenvalue weighted by atomic mass is 9.99. The Labute approximate surface area is 84.3 Å². The molecule has 4 heteroatoms. The number of carbonyl (C=O) groups excluding carboxylic acids is 1. The molecule has 0 bridgehead atoms. The molecule has 0 fully saturated rings. The van der Waals surface area contributed by atoms with Gasteiger partial charge in [-0.25, -0.2) is 0 Å². The number of amides is 1. The summed E-state index contributed by atoms with van der Waals surface area (Å²) < 4.78 is 0. The van der Waals surface area contributed by atoms with Gasteiger partial charge in [0.1, 0.15) is 0 Å². The van der Waals surface area contributed by atoms with Crippen molar-refractivity contribution in [3.63, 3.8) is 0 Å². The number of hydrogen-bond donors (Lipinski definition) is 2. The second-order valence-corrected chi connectivity index (χ2v) is 3.68. The first kappa shape index (κ1) is 12.5. The van der Waals surface area contributed by atoms with Crippen molar-refractivity contribution in [1.29, 1.82) is 0 Å². The average molecular weight is 205 g/mol. The Balaban J connectivity index is 3.89. The van der Waals surface area contributed by atoms with Crippen molar-refractivity contribution in [3.05, 3.63) is 11.6 Å². The van der Waals surface area contributed by atoms with E-state index in [1.165, 1.54) is 0 Å². The van der Waals surface area contributed by atoms with Crippen LogP contribution >= 0.6 is 11.6 Å². The van der Waals surface area contributed by atoms with Gasteiger partial charge in [0.15, 0.2) is 0 Å². The summed E-state index contributed by atoms with van der Waals surface area (Å²) in [5.41, 5.74) is 5.67. The van der Waals surface area contributed by atoms with E-state index < -0.39 is 6.04 Å². The maximum atomic E-state index is 11.3. The highest BCUT2D eigenvalue weighted by molar-refractivity contribution is 6.29. The maximum Gasteiger partial charge on any atom is 0.237 e. The average Bonchev–Trinajstić information content (AvgIpc) is 2.11. The van der Waals surface area contributed by atoms with Gasteiger partial charge in [-0.15, -0.1) is 0 Å². The fourth-order valence-electron chi connectivity index (χ4n) is 0.813. The van der Waals surface area contributed by atoms with Crippen molar-refractivity contribution in [2.75, 3.05) is 6.54 Å². The van der Waals surface area contributed by atoms with Gasteiger partial charge in [0.25, 0.3) is 0 Å². The lowest BCUT2D eigenvalue weighted by Gasteiger charge is -2.17. The van der Waals surface area contributed by atoms with Gasteiger partial charge in [-0.05, 0) is 5.92 Å². The van der Waals surface area contributed by atoms with Gasteiger partial charge in [-0.2, -0.15) is 0 Å². The molecular weight excluding hydrogens is 188 g/mol. The molecule has 0 heterocycles. The third kappa shape index (κ3) is 4.90. The van der Waals surface area contributed by atoms with Crippen molar-refractivity contribution in [2.24, 2.45) is 11.7 Å². The van der Waals surface area contributed by atoms with E-state index in [0.29, 0.717) is 5.03 Å². The Bertz CT molecular complexity index is 194. The van der Waals surface area contributed by atoms with Gasteiger partial charge >= 0.3 is 0 Å². The van der Waals surface area contributed by atoms with E-state index in [9.17, 15) is 4.79 Å². The summed E-state index contributed by atoms with van der Waals surface area (Å²) in [6.45, 7) is 7.69. The highest BCUT2D eigenvalue weighted by atomic mass is 35.5. The molecule has 0 aliphatic rings. The number of hydrogen-bond acceptors (Lipinski definition) is 2. The largest absolute Gasteiger partial charge is 0.350 e. The van der Waals surface area contributed by atoms with Crippen molar-refractivity contribution in [1.82, 2.24) is 5.32 Å². The molecule has 13 heavy (non-hydrogen) atoms. The molecule has 0 saturated heterocycles. The molecule has 0 rings (SSSR count). The molecular formula is C9H17ClN2O. The van der Waals surface area contributed by atoms with Gasteiger partial charge in [0.05, 0.1) is 12.6 Å². The summed E-state index contributed by atoms with van der Waals surface area (Å²) in [4.78, 5) is 11.3. The summed E-state index contributed by atoms with van der Waals surface area (Å²) in [7, 11) is 0. The number of nitrogens with two attached hydrogens (primary N) is 1. The van der Waals surface area contributed by atoms with Gasteiger partial charge in [0, 0.05) is 5.03 Å². The zero-order valence-corrected chi connectivity index (χ0v) is 8.90. The van der Waals surface area contributed by atoms with Crippen LogP contribution in [-0.4, -0.2) is 18.5 Å². The quantitative estimate of drug-likeness (QED) is 0.708. The first-order chi connectivity index (χ1) is 5.99. The van der Waals surface area contributed by atoms with E-state index in [2.05, 4.69) is 11.9 Å². The van der Waals surface area contributed by atoms with Crippen molar-refractivity contribution in [3.8, 4) is 0 Å². The van der Waals surface area contributed by atoms with Crippen molar-refractivity contribution < 1.29 is 4.79 Å². The molecule has 2 unspecified atom stereocenters. The number of halogens is 1. The predicted molar refractivity (Wildman–Crippen MR) is 55.4 cm³/mol. The molecule has 1 amide bonds. The zero-order valence-electron chi connectivity index (χ0n) is 8.14. The fourth-order valence-corrected chi connectivity index (χ4v) is 0.880. The van der Waals surface area contributed by atoms with Crippen LogP contribution in [0.25, 0.3) is 0 Å². The van der Waals surface area contributed by atoms with Crippen LogP contribution in [-0.2, 0) is 4.79 Å². The molecule has 0 aromatic rings. The Kier molecular flexibility index (Phi) is 5.75. The molecule has 0 aromatic carbocycles.